The van der Waals surface area contributed by atoms with Gasteiger partial charge in [-0.3, -0.25) is 29.0 Å². The van der Waals surface area contributed by atoms with E-state index >= 15 is 0 Å². The zero-order valence-corrected chi connectivity index (χ0v) is 27.3. The summed E-state index contributed by atoms with van der Waals surface area (Å²) >= 11 is 26.2. The summed E-state index contributed by atoms with van der Waals surface area (Å²) in [5, 5.41) is 10.4. The van der Waals surface area contributed by atoms with Crippen molar-refractivity contribution in [2.24, 2.45) is 17.8 Å². The SMILES string of the molecule is COc1cc([C@H]2C3=CC[C@@H]4C(=O)N(c5ccc(I)cc5)C(=O)[C@@H]4[C@@H]3C[C@@]3(Cl)C(=O)N(CBr)C(=O)[C@@]23Cl)cc(Cl)c1O. The van der Waals surface area contributed by atoms with Crippen LogP contribution in [-0.2, 0) is 19.2 Å². The van der Waals surface area contributed by atoms with Crippen LogP contribution >= 0.6 is 73.3 Å². The molecule has 8 nitrogen and oxygen atoms in total. The number of likely N-dealkylation sites (tertiary alicyclic amines) is 1. The van der Waals surface area contributed by atoms with Crippen molar-refractivity contribution < 1.29 is 29.0 Å². The normalized spacial score (nSPS) is 32.6. The first-order chi connectivity index (χ1) is 19.4. The molecule has 6 rings (SSSR count). The fourth-order valence-corrected chi connectivity index (χ4v) is 8.89. The van der Waals surface area contributed by atoms with Crippen LogP contribution in [-0.4, -0.2) is 55.9 Å². The Labute approximate surface area is 272 Å². The highest BCUT2D eigenvalue weighted by Gasteiger charge is 2.76. The van der Waals surface area contributed by atoms with E-state index in [-0.39, 0.29) is 40.7 Å². The van der Waals surface area contributed by atoms with Crippen molar-refractivity contribution in [3.63, 3.8) is 0 Å². The van der Waals surface area contributed by atoms with Crippen molar-refractivity contribution in [2.45, 2.75) is 28.5 Å². The second kappa shape index (κ2) is 10.1. The maximum Gasteiger partial charge on any atom is 0.254 e. The third kappa shape index (κ3) is 3.89. The summed E-state index contributed by atoms with van der Waals surface area (Å²) in [6.45, 7) is 0. The molecule has 0 bridgehead atoms. The number of phenols is 1. The lowest BCUT2D eigenvalue weighted by Gasteiger charge is -2.50. The molecule has 2 aromatic rings. The number of rotatable bonds is 4. The summed E-state index contributed by atoms with van der Waals surface area (Å²) in [6, 6.07) is 10.0. The fourth-order valence-electron chi connectivity index (χ4n) is 6.89. The summed E-state index contributed by atoms with van der Waals surface area (Å²) in [4.78, 5) is 53.5. The highest BCUT2D eigenvalue weighted by molar-refractivity contribution is 14.1. The van der Waals surface area contributed by atoms with Gasteiger partial charge in [0.1, 0.15) is 0 Å². The molecule has 6 atom stereocenters. The van der Waals surface area contributed by atoms with E-state index in [1.165, 1.54) is 24.1 Å². The van der Waals surface area contributed by atoms with E-state index in [1.54, 1.807) is 12.1 Å². The standard InChI is InChI=1S/C28H21BrCl3IN2O6/c1-41-19-9-12(8-18(30)22(19)36)21-15-6-7-16-20(24(38)35(23(16)37)14-4-2-13(33)3-5-14)17(15)10-27(31)25(39)34(11-29)26(40)28(21,27)32/h2-6,8-9,16-17,20-21,36H,7,10-11H2,1H3/t16-,17+,20-,21-,27+,28-/m0/s1. The lowest BCUT2D eigenvalue weighted by Crippen LogP contribution is -2.60. The zero-order chi connectivity index (χ0) is 29.6. The van der Waals surface area contributed by atoms with Gasteiger partial charge in [0.25, 0.3) is 11.8 Å². The Morgan fingerprint density at radius 3 is 2.39 bits per heavy atom. The number of carbonyl (C=O) groups excluding carboxylic acids is 4. The zero-order valence-electron chi connectivity index (χ0n) is 21.2. The minimum absolute atomic E-state index is 0.0375. The van der Waals surface area contributed by atoms with Gasteiger partial charge in [-0.05, 0) is 83.3 Å². The molecule has 1 N–H and O–H groups in total. The Hall–Kier alpha value is -1.86. The summed E-state index contributed by atoms with van der Waals surface area (Å²) in [5.74, 6) is -5.57. The number of ether oxygens (including phenoxy) is 1. The average molecular weight is 795 g/mol. The molecule has 1 saturated carbocycles. The minimum atomic E-state index is -1.98. The van der Waals surface area contributed by atoms with E-state index in [0.29, 0.717) is 16.8 Å². The summed E-state index contributed by atoms with van der Waals surface area (Å²) in [5.41, 5.74) is 1.32. The van der Waals surface area contributed by atoms with Crippen molar-refractivity contribution in [3.8, 4) is 11.5 Å². The van der Waals surface area contributed by atoms with Crippen LogP contribution in [0, 0.1) is 21.3 Å². The highest BCUT2D eigenvalue weighted by atomic mass is 127. The van der Waals surface area contributed by atoms with Crippen LogP contribution in [0.5, 0.6) is 11.5 Å². The number of fused-ring (bicyclic) bond motifs is 4. The molecule has 13 heteroatoms. The van der Waals surface area contributed by atoms with Crippen LogP contribution in [0.3, 0.4) is 0 Å². The molecule has 2 aliphatic carbocycles. The average Bonchev–Trinajstić information content (AvgIpc) is 3.28. The second-order valence-electron chi connectivity index (χ2n) is 10.5. The molecular weight excluding hydrogens is 773 g/mol. The maximum absolute atomic E-state index is 14.0. The van der Waals surface area contributed by atoms with Crippen LogP contribution in [0.4, 0.5) is 5.69 Å². The summed E-state index contributed by atoms with van der Waals surface area (Å²) < 4.78 is 6.27. The van der Waals surface area contributed by atoms with E-state index in [1.807, 2.05) is 18.2 Å². The van der Waals surface area contributed by atoms with Crippen molar-refractivity contribution in [3.05, 3.63) is 62.2 Å². The Kier molecular flexibility index (Phi) is 7.21. The predicted molar refractivity (Wildman–Crippen MR) is 165 cm³/mol. The number of imide groups is 2. The van der Waals surface area contributed by atoms with Gasteiger partial charge < -0.3 is 9.84 Å². The van der Waals surface area contributed by atoms with Crippen LogP contribution in [0.2, 0.25) is 5.02 Å². The van der Waals surface area contributed by atoms with Crippen molar-refractivity contribution in [1.82, 2.24) is 4.90 Å². The molecule has 2 aromatic carbocycles. The number of allylic oxidation sites excluding steroid dienone is 2. The fraction of sp³-hybridized carbons (Fsp3) is 0.357. The highest BCUT2D eigenvalue weighted by Crippen LogP contribution is 2.66. The summed E-state index contributed by atoms with van der Waals surface area (Å²) in [7, 11) is 1.35. The molecule has 0 radical (unpaired) electrons. The first-order valence-corrected chi connectivity index (χ1v) is 15.9. The molecule has 0 spiro atoms. The number of carbonyl (C=O) groups is 4. The number of anilines is 1. The molecule has 41 heavy (non-hydrogen) atoms. The van der Waals surface area contributed by atoms with Crippen molar-refractivity contribution >= 4 is 103 Å². The monoisotopic (exact) mass is 792 g/mol. The Morgan fingerprint density at radius 1 is 1.07 bits per heavy atom. The van der Waals surface area contributed by atoms with E-state index in [0.717, 1.165) is 8.47 Å². The smallest absolute Gasteiger partial charge is 0.254 e. The number of aromatic hydroxyl groups is 1. The number of phenolic OH excluding ortho intramolecular Hbond substituents is 1. The van der Waals surface area contributed by atoms with Crippen LogP contribution in [0.1, 0.15) is 24.3 Å². The van der Waals surface area contributed by atoms with Gasteiger partial charge >= 0.3 is 0 Å². The van der Waals surface area contributed by atoms with Crippen molar-refractivity contribution in [1.29, 1.82) is 0 Å². The molecule has 2 aliphatic heterocycles. The Morgan fingerprint density at radius 2 is 1.76 bits per heavy atom. The Bertz CT molecular complexity index is 1570. The van der Waals surface area contributed by atoms with E-state index < -0.39 is 51.1 Å². The van der Waals surface area contributed by atoms with Gasteiger partial charge in [-0.25, -0.2) is 0 Å². The Balaban J connectivity index is 1.54. The topological polar surface area (TPSA) is 104 Å². The van der Waals surface area contributed by atoms with Gasteiger partial charge in [-0.2, -0.15) is 0 Å². The predicted octanol–water partition coefficient (Wildman–Crippen LogP) is 5.57. The molecule has 0 unspecified atom stereocenters. The first-order valence-electron chi connectivity index (χ1n) is 12.6. The quantitative estimate of drug-likeness (QED) is 0.143. The molecule has 3 fully saturated rings. The van der Waals surface area contributed by atoms with Crippen LogP contribution in [0.25, 0.3) is 0 Å². The number of nitrogens with zero attached hydrogens (tertiary/aromatic N) is 2. The largest absolute Gasteiger partial charge is 0.503 e. The van der Waals surface area contributed by atoms with Crippen molar-refractivity contribution in [2.75, 3.05) is 17.5 Å². The minimum Gasteiger partial charge on any atom is -0.503 e. The van der Waals surface area contributed by atoms with Gasteiger partial charge in [0, 0.05) is 9.49 Å². The number of amides is 4. The molecule has 4 amide bonds. The molecular formula is C28H21BrCl3IN2O6. The van der Waals surface area contributed by atoms with Gasteiger partial charge in [0.2, 0.25) is 11.8 Å². The lowest BCUT2D eigenvalue weighted by atomic mass is 9.56. The summed E-state index contributed by atoms with van der Waals surface area (Å²) in [6.07, 6.45) is 1.94. The number of hydrogen-bond donors (Lipinski definition) is 1. The molecule has 214 valence electrons. The second-order valence-corrected chi connectivity index (χ2v) is 13.9. The van der Waals surface area contributed by atoms with E-state index in [4.69, 9.17) is 39.5 Å². The molecule has 0 aromatic heterocycles. The number of alkyl halides is 3. The van der Waals surface area contributed by atoms with Gasteiger partial charge in [0.05, 0.1) is 35.1 Å². The van der Waals surface area contributed by atoms with Gasteiger partial charge in [0.15, 0.2) is 21.2 Å². The maximum atomic E-state index is 14.0. The van der Waals surface area contributed by atoms with Gasteiger partial charge in [-0.15, -0.1) is 23.2 Å². The number of hydrogen-bond acceptors (Lipinski definition) is 6. The van der Waals surface area contributed by atoms with Gasteiger partial charge in [-0.1, -0.05) is 39.2 Å². The van der Waals surface area contributed by atoms with E-state index in [9.17, 15) is 24.3 Å². The van der Waals surface area contributed by atoms with Crippen LogP contribution in [0.15, 0.2) is 48.0 Å². The molecule has 2 saturated heterocycles. The molecule has 4 aliphatic rings. The van der Waals surface area contributed by atoms with Crippen LogP contribution < -0.4 is 9.64 Å². The third-order valence-corrected chi connectivity index (χ3v) is 11.6. The number of benzene rings is 2. The lowest BCUT2D eigenvalue weighted by molar-refractivity contribution is -0.138. The van der Waals surface area contributed by atoms with E-state index in [2.05, 4.69) is 38.5 Å². The number of halogens is 5. The number of methoxy groups -OCH3 is 1. The first kappa shape index (κ1) is 29.2. The third-order valence-electron chi connectivity index (χ3n) is 8.70. The molecule has 2 heterocycles.